The second-order valence-corrected chi connectivity index (χ2v) is 7.85. The van der Waals surface area contributed by atoms with Gasteiger partial charge in [0.05, 0.1) is 5.92 Å². The number of carbonyl (C=O) groups excluding carboxylic acids is 2. The van der Waals surface area contributed by atoms with Crippen LogP contribution in [0.5, 0.6) is 0 Å². The highest BCUT2D eigenvalue weighted by atomic mass is 16.4. The Bertz CT molecular complexity index is 661. The van der Waals surface area contributed by atoms with E-state index >= 15 is 0 Å². The Balaban J connectivity index is 1.80. The molecule has 1 aliphatic rings. The molecule has 1 fully saturated rings. The van der Waals surface area contributed by atoms with Gasteiger partial charge in [-0.1, -0.05) is 32.9 Å². The van der Waals surface area contributed by atoms with Crippen LogP contribution in [0.3, 0.4) is 0 Å². The van der Waals surface area contributed by atoms with Crippen molar-refractivity contribution in [1.29, 1.82) is 0 Å². The van der Waals surface area contributed by atoms with Crippen LogP contribution < -0.4 is 5.32 Å². The van der Waals surface area contributed by atoms with Crippen LogP contribution in [0.2, 0.25) is 0 Å². The summed E-state index contributed by atoms with van der Waals surface area (Å²) < 4.78 is 0. The molecule has 6 heteroatoms. The number of nitrogens with one attached hydrogen (secondary N) is 1. The van der Waals surface area contributed by atoms with E-state index in [1.54, 1.807) is 17.0 Å². The average molecular weight is 360 g/mol. The van der Waals surface area contributed by atoms with Crippen molar-refractivity contribution in [3.63, 3.8) is 0 Å². The first kappa shape index (κ1) is 19.9. The van der Waals surface area contributed by atoms with Gasteiger partial charge in [0.1, 0.15) is 0 Å². The average Bonchev–Trinajstić information content (AvgIpc) is 2.61. The first-order chi connectivity index (χ1) is 12.2. The van der Waals surface area contributed by atoms with Gasteiger partial charge >= 0.3 is 5.97 Å². The van der Waals surface area contributed by atoms with E-state index in [1.165, 1.54) is 0 Å². The molecular formula is C20H28N2O4. The lowest BCUT2D eigenvalue weighted by molar-refractivity contribution is -0.145. The lowest BCUT2D eigenvalue weighted by atomic mass is 9.87. The summed E-state index contributed by atoms with van der Waals surface area (Å²) in [6.45, 7) is 7.43. The maximum atomic E-state index is 12.2. The lowest BCUT2D eigenvalue weighted by Crippen LogP contribution is -2.43. The van der Waals surface area contributed by atoms with E-state index in [1.807, 2.05) is 12.1 Å². The molecule has 1 aromatic rings. The fourth-order valence-electron chi connectivity index (χ4n) is 3.07. The Kier molecular flexibility index (Phi) is 6.40. The number of likely N-dealkylation sites (tertiary alicyclic amines) is 1. The molecule has 0 saturated carbocycles. The van der Waals surface area contributed by atoms with Gasteiger partial charge in [0.15, 0.2) is 0 Å². The van der Waals surface area contributed by atoms with Crippen LogP contribution >= 0.6 is 0 Å². The van der Waals surface area contributed by atoms with Crippen molar-refractivity contribution < 1.29 is 19.5 Å². The molecule has 0 radical (unpaired) electrons. The van der Waals surface area contributed by atoms with Crippen LogP contribution in [0, 0.1) is 5.92 Å². The first-order valence-corrected chi connectivity index (χ1v) is 9.08. The normalized spacial score (nSPS) is 17.7. The van der Waals surface area contributed by atoms with Gasteiger partial charge in [-0.15, -0.1) is 0 Å². The van der Waals surface area contributed by atoms with Crippen LogP contribution in [0.1, 0.15) is 56.0 Å². The molecule has 2 N–H and O–H groups in total. The fourth-order valence-corrected chi connectivity index (χ4v) is 3.07. The summed E-state index contributed by atoms with van der Waals surface area (Å²) in [5.41, 5.74) is 1.75. The number of carbonyl (C=O) groups is 3. The topological polar surface area (TPSA) is 86.7 Å². The van der Waals surface area contributed by atoms with Gasteiger partial charge in [0, 0.05) is 31.6 Å². The Morgan fingerprint density at radius 2 is 1.85 bits per heavy atom. The third kappa shape index (κ3) is 5.31. The van der Waals surface area contributed by atoms with E-state index < -0.39 is 11.9 Å². The van der Waals surface area contributed by atoms with Gasteiger partial charge in [0.2, 0.25) is 5.91 Å². The number of rotatable bonds is 5. The maximum absolute atomic E-state index is 12.2. The van der Waals surface area contributed by atoms with Gasteiger partial charge in [-0.25, -0.2) is 0 Å². The summed E-state index contributed by atoms with van der Waals surface area (Å²) in [7, 11) is 0. The molecule has 0 aromatic heterocycles. The highest BCUT2D eigenvalue weighted by Crippen LogP contribution is 2.22. The van der Waals surface area contributed by atoms with Crippen LogP contribution in [0.4, 0.5) is 0 Å². The molecule has 1 saturated heterocycles. The molecule has 1 aliphatic heterocycles. The summed E-state index contributed by atoms with van der Waals surface area (Å²) in [6, 6.07) is 7.47. The van der Waals surface area contributed by atoms with Crippen LogP contribution in [0.15, 0.2) is 24.3 Å². The predicted octanol–water partition coefficient (Wildman–Crippen LogP) is 2.43. The van der Waals surface area contributed by atoms with Gasteiger partial charge in [0.25, 0.3) is 5.91 Å². The fraction of sp³-hybridized carbons (Fsp3) is 0.550. The molecule has 1 heterocycles. The zero-order chi connectivity index (χ0) is 19.3. The molecular weight excluding hydrogens is 332 g/mol. The molecule has 2 rings (SSSR count). The number of amides is 2. The largest absolute Gasteiger partial charge is 0.481 e. The molecule has 1 atom stereocenters. The van der Waals surface area contributed by atoms with Crippen molar-refractivity contribution in [2.45, 2.75) is 45.4 Å². The second-order valence-electron chi connectivity index (χ2n) is 7.85. The number of hydrogen-bond donors (Lipinski definition) is 2. The molecule has 2 amide bonds. The highest BCUT2D eigenvalue weighted by molar-refractivity contribution is 5.94. The van der Waals surface area contributed by atoms with Crippen LogP contribution in [0.25, 0.3) is 0 Å². The second kappa shape index (κ2) is 8.34. The van der Waals surface area contributed by atoms with Crippen molar-refractivity contribution in [1.82, 2.24) is 10.2 Å². The SMILES string of the molecule is CC(C)(C)c1ccc(C(=O)NCCC(=O)N2CCCC(C(=O)O)C2)cc1. The zero-order valence-electron chi connectivity index (χ0n) is 15.7. The number of carboxylic acids is 1. The van der Waals surface area contributed by atoms with E-state index in [-0.39, 0.29) is 36.7 Å². The number of piperidine rings is 1. The van der Waals surface area contributed by atoms with Crippen LogP contribution in [-0.4, -0.2) is 47.4 Å². The summed E-state index contributed by atoms with van der Waals surface area (Å²) in [4.78, 5) is 37.1. The molecule has 142 valence electrons. The van der Waals surface area contributed by atoms with Gasteiger partial charge in [-0.3, -0.25) is 14.4 Å². The third-order valence-electron chi connectivity index (χ3n) is 4.76. The maximum Gasteiger partial charge on any atom is 0.308 e. The Morgan fingerprint density at radius 1 is 1.19 bits per heavy atom. The van der Waals surface area contributed by atoms with E-state index in [4.69, 9.17) is 5.11 Å². The van der Waals surface area contributed by atoms with E-state index in [2.05, 4.69) is 26.1 Å². The van der Waals surface area contributed by atoms with Crippen molar-refractivity contribution in [2.75, 3.05) is 19.6 Å². The van der Waals surface area contributed by atoms with Crippen molar-refractivity contribution in [3.05, 3.63) is 35.4 Å². The molecule has 0 bridgehead atoms. The van der Waals surface area contributed by atoms with Crippen molar-refractivity contribution in [3.8, 4) is 0 Å². The van der Waals surface area contributed by atoms with E-state index in [0.29, 0.717) is 24.9 Å². The Hall–Kier alpha value is -2.37. The smallest absolute Gasteiger partial charge is 0.308 e. The number of hydrogen-bond acceptors (Lipinski definition) is 3. The Morgan fingerprint density at radius 3 is 2.42 bits per heavy atom. The van der Waals surface area contributed by atoms with Crippen LogP contribution in [-0.2, 0) is 15.0 Å². The summed E-state index contributed by atoms with van der Waals surface area (Å²) in [5, 5.41) is 11.8. The minimum atomic E-state index is -0.852. The number of aliphatic carboxylic acids is 1. The summed E-state index contributed by atoms with van der Waals surface area (Å²) in [6.07, 6.45) is 1.49. The van der Waals surface area contributed by atoms with E-state index in [9.17, 15) is 14.4 Å². The first-order valence-electron chi connectivity index (χ1n) is 9.08. The standard InChI is InChI=1S/C20H28N2O4/c1-20(2,3)16-8-6-14(7-9-16)18(24)21-11-10-17(23)22-12-4-5-15(13-22)19(25)26/h6-9,15H,4-5,10-13H2,1-3H3,(H,21,24)(H,25,26). The molecule has 6 nitrogen and oxygen atoms in total. The van der Waals surface area contributed by atoms with Gasteiger partial charge in [-0.2, -0.15) is 0 Å². The summed E-state index contributed by atoms with van der Waals surface area (Å²) in [5.74, 6) is -1.65. The predicted molar refractivity (Wildman–Crippen MR) is 99.0 cm³/mol. The minimum Gasteiger partial charge on any atom is -0.481 e. The molecule has 26 heavy (non-hydrogen) atoms. The number of nitrogens with zero attached hydrogens (tertiary/aromatic N) is 1. The molecule has 1 aromatic carbocycles. The monoisotopic (exact) mass is 360 g/mol. The number of benzene rings is 1. The summed E-state index contributed by atoms with van der Waals surface area (Å²) >= 11 is 0. The number of carboxylic acid groups (broad SMARTS) is 1. The quantitative estimate of drug-likeness (QED) is 0.844. The molecule has 1 unspecified atom stereocenters. The zero-order valence-corrected chi connectivity index (χ0v) is 15.7. The molecule has 0 spiro atoms. The van der Waals surface area contributed by atoms with Gasteiger partial charge < -0.3 is 15.3 Å². The van der Waals surface area contributed by atoms with Crippen molar-refractivity contribution in [2.24, 2.45) is 5.92 Å². The van der Waals surface area contributed by atoms with Crippen molar-refractivity contribution >= 4 is 17.8 Å². The lowest BCUT2D eigenvalue weighted by Gasteiger charge is -2.30. The minimum absolute atomic E-state index is 0.0314. The molecule has 0 aliphatic carbocycles. The van der Waals surface area contributed by atoms with Gasteiger partial charge in [-0.05, 0) is 36.0 Å². The van der Waals surface area contributed by atoms with E-state index in [0.717, 1.165) is 5.56 Å². The highest BCUT2D eigenvalue weighted by Gasteiger charge is 2.27. The Labute approximate surface area is 154 Å². The third-order valence-corrected chi connectivity index (χ3v) is 4.76.